The maximum absolute atomic E-state index is 11.8. The zero-order valence-electron chi connectivity index (χ0n) is 10.1. The maximum atomic E-state index is 11.8. The SMILES string of the molecule is O=c1[nH]c(=O)n([C@@H]2O[C@H](CO)[C@@H](I)[C@H]2O)cc1C=CBr. The van der Waals surface area contributed by atoms with Crippen molar-refractivity contribution in [3.63, 3.8) is 0 Å². The lowest BCUT2D eigenvalue weighted by atomic mass is 10.2. The number of rotatable bonds is 3. The van der Waals surface area contributed by atoms with E-state index in [1.54, 1.807) is 0 Å². The van der Waals surface area contributed by atoms with Gasteiger partial charge >= 0.3 is 5.69 Å². The highest BCUT2D eigenvalue weighted by Crippen LogP contribution is 2.33. The van der Waals surface area contributed by atoms with E-state index in [9.17, 15) is 14.7 Å². The van der Waals surface area contributed by atoms with Crippen molar-refractivity contribution in [3.05, 3.63) is 37.6 Å². The summed E-state index contributed by atoms with van der Waals surface area (Å²) in [4.78, 5) is 27.1. The van der Waals surface area contributed by atoms with Crippen LogP contribution < -0.4 is 11.2 Å². The minimum atomic E-state index is -0.961. The number of aliphatic hydroxyl groups excluding tert-OH is 2. The summed E-state index contributed by atoms with van der Waals surface area (Å²) >= 11 is 5.02. The van der Waals surface area contributed by atoms with E-state index < -0.39 is 29.7 Å². The lowest BCUT2D eigenvalue weighted by molar-refractivity contribution is -0.0530. The van der Waals surface area contributed by atoms with Crippen LogP contribution in [0.5, 0.6) is 0 Å². The summed E-state index contributed by atoms with van der Waals surface area (Å²) in [6.45, 7) is -0.257. The van der Waals surface area contributed by atoms with Crippen molar-refractivity contribution in [1.82, 2.24) is 9.55 Å². The first-order valence-corrected chi connectivity index (χ1v) is 7.86. The quantitative estimate of drug-likeness (QED) is 0.435. The van der Waals surface area contributed by atoms with Crippen molar-refractivity contribution < 1.29 is 14.9 Å². The lowest BCUT2D eigenvalue weighted by Gasteiger charge is -2.17. The number of aromatic nitrogens is 2. The van der Waals surface area contributed by atoms with Crippen molar-refractivity contribution in [1.29, 1.82) is 0 Å². The third kappa shape index (κ3) is 2.91. The van der Waals surface area contributed by atoms with Crippen molar-refractivity contribution in [2.75, 3.05) is 6.61 Å². The summed E-state index contributed by atoms with van der Waals surface area (Å²) in [6, 6.07) is 0. The van der Waals surface area contributed by atoms with Gasteiger partial charge < -0.3 is 14.9 Å². The molecule has 0 unspecified atom stereocenters. The van der Waals surface area contributed by atoms with Gasteiger partial charge in [-0.2, -0.15) is 0 Å². The number of hydrogen-bond acceptors (Lipinski definition) is 5. The van der Waals surface area contributed by atoms with Crippen LogP contribution in [0.15, 0.2) is 20.8 Å². The van der Waals surface area contributed by atoms with Gasteiger partial charge in [-0.25, -0.2) is 4.79 Å². The van der Waals surface area contributed by atoms with E-state index in [0.29, 0.717) is 0 Å². The van der Waals surface area contributed by atoms with E-state index in [-0.39, 0.29) is 16.1 Å². The molecule has 2 heterocycles. The van der Waals surface area contributed by atoms with E-state index in [0.717, 1.165) is 4.57 Å². The molecule has 1 aromatic rings. The Hall–Kier alpha value is -0.490. The Morgan fingerprint density at radius 2 is 2.25 bits per heavy atom. The third-order valence-electron chi connectivity index (χ3n) is 2.98. The number of aromatic amines is 1. The predicted molar refractivity (Wildman–Crippen MR) is 84.1 cm³/mol. The van der Waals surface area contributed by atoms with Crippen LogP contribution in [0.4, 0.5) is 0 Å². The molecule has 1 aliphatic heterocycles. The van der Waals surface area contributed by atoms with Crippen LogP contribution in [-0.4, -0.2) is 42.5 Å². The molecular weight excluding hydrogens is 447 g/mol. The minimum absolute atomic E-state index is 0.245. The molecule has 3 N–H and O–H groups in total. The van der Waals surface area contributed by atoms with Crippen LogP contribution in [0.2, 0.25) is 0 Å². The Morgan fingerprint density at radius 1 is 1.55 bits per heavy atom. The summed E-state index contributed by atoms with van der Waals surface area (Å²) in [5.41, 5.74) is -0.957. The molecule has 0 bridgehead atoms. The highest BCUT2D eigenvalue weighted by Gasteiger charge is 2.43. The number of nitrogens with zero attached hydrogens (tertiary/aromatic N) is 1. The molecule has 7 nitrogen and oxygen atoms in total. The van der Waals surface area contributed by atoms with Gasteiger partial charge in [0, 0.05) is 6.20 Å². The Kier molecular flexibility index (Phi) is 5.18. The van der Waals surface area contributed by atoms with Crippen LogP contribution in [0.3, 0.4) is 0 Å². The number of alkyl halides is 1. The van der Waals surface area contributed by atoms with Crippen LogP contribution in [0.1, 0.15) is 11.8 Å². The smallest absolute Gasteiger partial charge is 0.330 e. The van der Waals surface area contributed by atoms with E-state index >= 15 is 0 Å². The van der Waals surface area contributed by atoms with Gasteiger partial charge in [-0.05, 0) is 11.1 Å². The van der Waals surface area contributed by atoms with Gasteiger partial charge in [0.05, 0.1) is 22.2 Å². The molecule has 4 atom stereocenters. The third-order valence-corrected chi connectivity index (χ3v) is 4.78. The van der Waals surface area contributed by atoms with Gasteiger partial charge in [0.1, 0.15) is 6.10 Å². The summed E-state index contributed by atoms with van der Waals surface area (Å²) in [6.07, 6.45) is 0.319. The Balaban J connectivity index is 2.46. The summed E-state index contributed by atoms with van der Waals surface area (Å²) < 4.78 is 6.24. The predicted octanol–water partition coefficient (Wildman–Crippen LogP) is -0.0436. The largest absolute Gasteiger partial charge is 0.394 e. The number of aliphatic hydroxyl groups is 2. The molecule has 0 aromatic carbocycles. The number of halogens is 2. The molecule has 1 aliphatic rings. The van der Waals surface area contributed by atoms with Gasteiger partial charge in [0.2, 0.25) is 0 Å². The van der Waals surface area contributed by atoms with Crippen molar-refractivity contribution in [2.24, 2.45) is 0 Å². The van der Waals surface area contributed by atoms with Crippen LogP contribution >= 0.6 is 38.5 Å². The number of ether oxygens (including phenoxy) is 1. The first kappa shape index (κ1) is 15.9. The summed E-state index contributed by atoms with van der Waals surface area (Å²) in [5.74, 6) is 0. The molecule has 2 rings (SSSR count). The summed E-state index contributed by atoms with van der Waals surface area (Å²) in [5, 5.41) is 19.3. The van der Waals surface area contributed by atoms with E-state index in [1.807, 2.05) is 22.6 Å². The molecule has 0 saturated carbocycles. The van der Waals surface area contributed by atoms with E-state index in [1.165, 1.54) is 17.3 Å². The Bertz CT molecular complexity index is 628. The first-order chi connectivity index (χ1) is 9.49. The maximum Gasteiger partial charge on any atom is 0.330 e. The van der Waals surface area contributed by atoms with Gasteiger partial charge in [-0.3, -0.25) is 14.3 Å². The fraction of sp³-hybridized carbons (Fsp3) is 0.455. The fourth-order valence-electron chi connectivity index (χ4n) is 1.96. The molecule has 20 heavy (non-hydrogen) atoms. The molecule has 0 aliphatic carbocycles. The monoisotopic (exact) mass is 458 g/mol. The molecule has 1 saturated heterocycles. The van der Waals surface area contributed by atoms with Crippen molar-refractivity contribution in [3.8, 4) is 0 Å². The van der Waals surface area contributed by atoms with E-state index in [4.69, 9.17) is 9.84 Å². The van der Waals surface area contributed by atoms with Gasteiger partial charge in [-0.1, -0.05) is 38.5 Å². The van der Waals surface area contributed by atoms with Crippen LogP contribution in [0.25, 0.3) is 6.08 Å². The molecular formula is C11H12BrIN2O5. The number of nitrogens with one attached hydrogen (secondary N) is 1. The Morgan fingerprint density at radius 3 is 2.80 bits per heavy atom. The fourth-order valence-corrected chi connectivity index (χ4v) is 3.00. The number of hydrogen-bond donors (Lipinski definition) is 3. The highest BCUT2D eigenvalue weighted by molar-refractivity contribution is 14.1. The second-order valence-corrected chi connectivity index (χ2v) is 6.19. The number of H-pyrrole nitrogens is 1. The van der Waals surface area contributed by atoms with Crippen LogP contribution in [-0.2, 0) is 4.74 Å². The molecule has 110 valence electrons. The van der Waals surface area contributed by atoms with Gasteiger partial charge in [-0.15, -0.1) is 0 Å². The van der Waals surface area contributed by atoms with E-state index in [2.05, 4.69) is 20.9 Å². The molecule has 0 radical (unpaired) electrons. The van der Waals surface area contributed by atoms with Gasteiger partial charge in [0.25, 0.3) is 5.56 Å². The molecule has 9 heteroatoms. The molecule has 1 fully saturated rings. The molecule has 0 amide bonds. The Labute approximate surface area is 135 Å². The zero-order valence-corrected chi connectivity index (χ0v) is 13.8. The topological polar surface area (TPSA) is 105 Å². The van der Waals surface area contributed by atoms with Crippen LogP contribution in [0, 0.1) is 0 Å². The average Bonchev–Trinajstić information content (AvgIpc) is 2.70. The second kappa shape index (κ2) is 6.52. The normalized spacial score (nSPS) is 30.2. The first-order valence-electron chi connectivity index (χ1n) is 5.70. The highest BCUT2D eigenvalue weighted by atomic mass is 127. The lowest BCUT2D eigenvalue weighted by Crippen LogP contribution is -2.37. The minimum Gasteiger partial charge on any atom is -0.394 e. The van der Waals surface area contributed by atoms with Gasteiger partial charge in [0.15, 0.2) is 6.23 Å². The zero-order chi connectivity index (χ0) is 14.9. The van der Waals surface area contributed by atoms with Crippen molar-refractivity contribution >= 4 is 44.6 Å². The molecule has 0 spiro atoms. The molecule has 1 aromatic heterocycles. The summed E-state index contributed by atoms with van der Waals surface area (Å²) in [7, 11) is 0. The average molecular weight is 459 g/mol. The standard InChI is InChI=1S/C11H12BrIN2O5/c12-2-1-5-3-15(11(19)14-9(5)18)10-8(17)7(13)6(4-16)20-10/h1-3,6-8,10,16-17H,4H2,(H,14,18,19)/t6-,7-,8-,10-/m1/s1. The second-order valence-electron chi connectivity index (χ2n) is 4.23. The van der Waals surface area contributed by atoms with Crippen molar-refractivity contribution in [2.45, 2.75) is 22.4 Å².